The van der Waals surface area contributed by atoms with Crippen LogP contribution >= 0.6 is 0 Å². The van der Waals surface area contributed by atoms with Gasteiger partial charge in [-0.25, -0.2) is 9.29 Å². The largest absolute Gasteiger partial charge is 0.625 e. The van der Waals surface area contributed by atoms with Crippen LogP contribution in [0.5, 0.6) is 0 Å². The molecule has 3 N–H and O–H groups in total. The van der Waals surface area contributed by atoms with Crippen LogP contribution in [0.1, 0.15) is 11.1 Å². The molecule has 1 saturated heterocycles. The molecule has 2 atom stereocenters. The Hall–Kier alpha value is -2.33. The monoisotopic (exact) mass is 377 g/mol. The molecule has 27 heavy (non-hydrogen) atoms. The fourth-order valence-corrected chi connectivity index (χ4v) is 3.44. The number of amidine groups is 1. The summed E-state index contributed by atoms with van der Waals surface area (Å²) >= 11 is 0. The average molecular weight is 377 g/mol. The van der Waals surface area contributed by atoms with Gasteiger partial charge in [0.2, 0.25) is 6.17 Å². The third-order valence-corrected chi connectivity index (χ3v) is 4.85. The lowest BCUT2D eigenvalue weighted by Crippen LogP contribution is -2.66. The van der Waals surface area contributed by atoms with E-state index in [0.29, 0.717) is 31.7 Å². The second kappa shape index (κ2) is 7.73. The molecule has 2 unspecified atom stereocenters. The van der Waals surface area contributed by atoms with Gasteiger partial charge in [-0.3, -0.25) is 9.44 Å². The molecule has 0 spiro atoms. The van der Waals surface area contributed by atoms with Crippen molar-refractivity contribution in [2.75, 3.05) is 33.2 Å². The minimum absolute atomic E-state index is 0.146. The smallest absolute Gasteiger partial charge is 0.326 e. The zero-order valence-electron chi connectivity index (χ0n) is 15.4. The van der Waals surface area contributed by atoms with Gasteiger partial charge in [-0.1, -0.05) is 12.1 Å². The number of piperazine rings is 1. The zero-order chi connectivity index (χ0) is 19.6. The number of nitrogens with one attached hydrogen (secondary N) is 2. The molecule has 0 aliphatic carbocycles. The second-order valence-electron chi connectivity index (χ2n) is 6.92. The Morgan fingerprint density at radius 2 is 2.19 bits per heavy atom. The summed E-state index contributed by atoms with van der Waals surface area (Å²) in [6.45, 7) is 4.36. The van der Waals surface area contributed by atoms with E-state index in [4.69, 9.17) is 0 Å². The Balaban J connectivity index is 1.74. The first-order valence-corrected chi connectivity index (χ1v) is 8.83. The van der Waals surface area contributed by atoms with E-state index in [1.807, 2.05) is 4.90 Å². The maximum Gasteiger partial charge on any atom is 0.326 e. The van der Waals surface area contributed by atoms with Crippen molar-refractivity contribution in [3.8, 4) is 0 Å². The molecule has 146 valence electrons. The molecular weight excluding hydrogens is 353 g/mol. The third-order valence-electron chi connectivity index (χ3n) is 4.85. The van der Waals surface area contributed by atoms with Crippen molar-refractivity contribution in [3.63, 3.8) is 0 Å². The van der Waals surface area contributed by atoms with Crippen molar-refractivity contribution in [1.29, 1.82) is 0 Å². The summed E-state index contributed by atoms with van der Waals surface area (Å²) < 4.78 is 12.2. The Kier molecular flexibility index (Phi) is 5.56. The van der Waals surface area contributed by atoms with Crippen molar-refractivity contribution in [2.24, 2.45) is 4.99 Å². The van der Waals surface area contributed by atoms with Crippen molar-refractivity contribution in [1.82, 2.24) is 15.5 Å². The van der Waals surface area contributed by atoms with E-state index in [1.54, 1.807) is 19.1 Å². The molecule has 0 bridgehead atoms. The first kappa shape index (κ1) is 19.4. The second-order valence-corrected chi connectivity index (χ2v) is 6.92. The summed E-state index contributed by atoms with van der Waals surface area (Å²) in [5.41, 5.74) is 1.20. The number of aliphatic hydroxyl groups is 1. The molecule has 1 amide bonds. The van der Waals surface area contributed by atoms with Crippen LogP contribution in [0.25, 0.3) is 0 Å². The Bertz CT molecular complexity index is 787. The number of hydrogen-bond donors (Lipinski definition) is 3. The van der Waals surface area contributed by atoms with E-state index in [1.165, 1.54) is 19.3 Å². The van der Waals surface area contributed by atoms with Crippen LogP contribution in [-0.2, 0) is 11.3 Å². The molecule has 0 saturated carbocycles. The lowest BCUT2D eigenvalue weighted by molar-refractivity contribution is -0.806. The average Bonchev–Trinajstić information content (AvgIpc) is 2.63. The zero-order valence-corrected chi connectivity index (χ0v) is 15.4. The number of carbonyl (C=O) groups excluding carboxylic acids is 1. The quantitative estimate of drug-likeness (QED) is 0.531. The number of rotatable bonds is 4. The first-order chi connectivity index (χ1) is 12.8. The Morgan fingerprint density at radius 1 is 1.48 bits per heavy atom. The maximum absolute atomic E-state index is 13.4. The summed E-state index contributed by atoms with van der Waals surface area (Å²) in [5, 5.41) is 29.4. The number of aliphatic imine (C=N–C) groups is 1. The van der Waals surface area contributed by atoms with E-state index in [9.17, 15) is 19.5 Å². The number of halogens is 1. The molecule has 0 aromatic heterocycles. The number of aryl methyl sites for hydroxylation is 1. The SMILES string of the molecule is Cc1cc(CNC(=O)C2=NC=C(O)C(N3CCNCC3)[N+]2(C)[O-])ccc1F. The molecule has 8 nitrogen and oxygen atoms in total. The Labute approximate surface area is 157 Å². The van der Waals surface area contributed by atoms with E-state index >= 15 is 0 Å². The van der Waals surface area contributed by atoms with Gasteiger partial charge in [0.15, 0.2) is 5.76 Å². The molecule has 1 aromatic rings. The predicted octanol–water partition coefficient (Wildman–Crippen LogP) is 0.738. The molecule has 2 aliphatic rings. The molecular formula is C18H24FN5O3. The highest BCUT2D eigenvalue weighted by atomic mass is 19.1. The van der Waals surface area contributed by atoms with E-state index in [-0.39, 0.29) is 24.0 Å². The summed E-state index contributed by atoms with van der Waals surface area (Å²) in [6, 6.07) is 4.55. The standard InChI is InChI=1S/C18H24FN5O3/c1-12-9-13(3-4-14(12)19)10-22-17(26)16-21-11-15(25)18(24(16,2)27)23-7-5-20-6-8-23/h3-4,9,11,18,20,25H,5-8,10H2,1-2H3,(H,22,26). The van der Waals surface area contributed by atoms with E-state index in [2.05, 4.69) is 15.6 Å². The molecule has 9 heteroatoms. The number of benzene rings is 1. The highest BCUT2D eigenvalue weighted by Crippen LogP contribution is 2.25. The normalized spacial score (nSPS) is 26.3. The minimum atomic E-state index is -1.11. The number of likely N-dealkylation sites (N-methyl/N-ethyl adjacent to an activating group) is 1. The molecule has 2 heterocycles. The summed E-state index contributed by atoms with van der Waals surface area (Å²) in [7, 11) is 1.32. The van der Waals surface area contributed by atoms with Gasteiger partial charge < -0.3 is 20.9 Å². The van der Waals surface area contributed by atoms with Crippen LogP contribution < -0.4 is 10.6 Å². The Morgan fingerprint density at radius 3 is 2.85 bits per heavy atom. The predicted molar refractivity (Wildman–Crippen MR) is 98.9 cm³/mol. The molecule has 3 rings (SSSR count). The number of hydrogen-bond acceptors (Lipinski definition) is 6. The van der Waals surface area contributed by atoms with Gasteiger partial charge in [0.1, 0.15) is 5.82 Å². The lowest BCUT2D eigenvalue weighted by Gasteiger charge is -2.49. The summed E-state index contributed by atoms with van der Waals surface area (Å²) in [5.74, 6) is -1.31. The van der Waals surface area contributed by atoms with Gasteiger partial charge in [0.05, 0.1) is 13.2 Å². The lowest BCUT2D eigenvalue weighted by atomic mass is 10.1. The number of carbonyl (C=O) groups is 1. The number of amides is 1. The van der Waals surface area contributed by atoms with Gasteiger partial charge in [-0.05, 0) is 24.1 Å². The third kappa shape index (κ3) is 4.01. The van der Waals surface area contributed by atoms with E-state index < -0.39 is 16.7 Å². The number of nitrogens with zero attached hydrogens (tertiary/aromatic N) is 3. The maximum atomic E-state index is 13.4. The van der Waals surface area contributed by atoms with Crippen molar-refractivity contribution >= 4 is 11.7 Å². The van der Waals surface area contributed by atoms with Gasteiger partial charge in [0, 0.05) is 32.7 Å². The van der Waals surface area contributed by atoms with Gasteiger partial charge in [-0.2, -0.15) is 4.99 Å². The first-order valence-electron chi connectivity index (χ1n) is 8.83. The molecule has 1 fully saturated rings. The van der Waals surface area contributed by atoms with Crippen LogP contribution in [0.15, 0.2) is 35.2 Å². The summed E-state index contributed by atoms with van der Waals surface area (Å²) in [4.78, 5) is 18.4. The minimum Gasteiger partial charge on any atom is -0.625 e. The van der Waals surface area contributed by atoms with E-state index in [0.717, 1.165) is 5.56 Å². The highest BCUT2D eigenvalue weighted by Gasteiger charge is 2.44. The van der Waals surface area contributed by atoms with Gasteiger partial charge >= 0.3 is 5.91 Å². The van der Waals surface area contributed by atoms with Gasteiger partial charge in [0.25, 0.3) is 5.84 Å². The molecule has 2 aliphatic heterocycles. The molecule has 0 radical (unpaired) electrons. The number of aliphatic hydroxyl groups excluding tert-OH is 1. The highest BCUT2D eigenvalue weighted by molar-refractivity contribution is 6.35. The number of quaternary nitrogens is 1. The van der Waals surface area contributed by atoms with Crippen LogP contribution in [0, 0.1) is 17.9 Å². The van der Waals surface area contributed by atoms with Gasteiger partial charge in [-0.15, -0.1) is 0 Å². The fraction of sp³-hybridized carbons (Fsp3) is 0.444. The van der Waals surface area contributed by atoms with Crippen LogP contribution in [0.2, 0.25) is 0 Å². The number of hydroxylamine groups is 3. The van der Waals surface area contributed by atoms with Crippen LogP contribution in [-0.4, -0.2) is 65.8 Å². The fourth-order valence-electron chi connectivity index (χ4n) is 3.44. The summed E-state index contributed by atoms with van der Waals surface area (Å²) in [6.07, 6.45) is 0.264. The van der Waals surface area contributed by atoms with Crippen molar-refractivity contribution in [3.05, 3.63) is 52.3 Å². The van der Waals surface area contributed by atoms with Crippen molar-refractivity contribution in [2.45, 2.75) is 19.6 Å². The van der Waals surface area contributed by atoms with Crippen molar-refractivity contribution < 1.29 is 18.9 Å². The van der Waals surface area contributed by atoms with Crippen LogP contribution in [0.4, 0.5) is 4.39 Å². The molecule has 1 aromatic carbocycles. The topological polar surface area (TPSA) is 100 Å². The van der Waals surface area contributed by atoms with Crippen LogP contribution in [0.3, 0.4) is 0 Å².